The van der Waals surface area contributed by atoms with E-state index in [4.69, 9.17) is 0 Å². The molecule has 0 radical (unpaired) electrons. The van der Waals surface area contributed by atoms with Crippen LogP contribution in [0.25, 0.3) is 0 Å². The van der Waals surface area contributed by atoms with Gasteiger partial charge in [-0.2, -0.15) is 0 Å². The summed E-state index contributed by atoms with van der Waals surface area (Å²) in [5.74, 6) is -0.439. The largest absolute Gasteiger partial charge is 0.353 e. The molecule has 1 aliphatic heterocycles. The molecular formula is C14H15FN4OS. The highest BCUT2D eigenvalue weighted by atomic mass is 32.1. The van der Waals surface area contributed by atoms with Gasteiger partial charge < -0.3 is 5.32 Å². The van der Waals surface area contributed by atoms with Crippen LogP contribution in [0, 0.1) is 12.7 Å². The molecule has 21 heavy (non-hydrogen) atoms. The van der Waals surface area contributed by atoms with Gasteiger partial charge in [-0.05, 0) is 24.6 Å². The van der Waals surface area contributed by atoms with Gasteiger partial charge in [-0.15, -0.1) is 21.5 Å². The highest BCUT2D eigenvalue weighted by Crippen LogP contribution is 2.26. The highest BCUT2D eigenvalue weighted by molar-refractivity contribution is 7.11. The van der Waals surface area contributed by atoms with Crippen molar-refractivity contribution in [2.24, 2.45) is 0 Å². The lowest BCUT2D eigenvalue weighted by Crippen LogP contribution is -2.49. The number of carbonyl (C=O) groups is 1. The van der Waals surface area contributed by atoms with Gasteiger partial charge in [-0.1, -0.05) is 12.1 Å². The number of piperazine rings is 1. The van der Waals surface area contributed by atoms with Crippen molar-refractivity contribution in [1.29, 1.82) is 0 Å². The molecule has 1 fully saturated rings. The Hall–Kier alpha value is -1.86. The predicted molar refractivity (Wildman–Crippen MR) is 77.2 cm³/mol. The lowest BCUT2D eigenvalue weighted by atomic mass is 10.0. The summed E-state index contributed by atoms with van der Waals surface area (Å²) in [4.78, 5) is 14.2. The summed E-state index contributed by atoms with van der Waals surface area (Å²) in [6.45, 7) is 3.72. The van der Waals surface area contributed by atoms with Crippen molar-refractivity contribution < 1.29 is 9.18 Å². The minimum Gasteiger partial charge on any atom is -0.353 e. The molecule has 1 N–H and O–H groups in total. The first-order valence-electron chi connectivity index (χ1n) is 6.70. The Balaban J connectivity index is 1.87. The topological polar surface area (TPSA) is 58.1 Å². The molecule has 1 aliphatic rings. The second-order valence-electron chi connectivity index (χ2n) is 4.93. The Morgan fingerprint density at radius 1 is 1.48 bits per heavy atom. The minimum absolute atomic E-state index is 0.104. The number of nitrogens with one attached hydrogen (secondary N) is 1. The van der Waals surface area contributed by atoms with E-state index in [0.29, 0.717) is 25.2 Å². The molecule has 1 aromatic carbocycles. The SMILES string of the molecule is Cc1nnc(CN2CCNC(=O)C2c2cccc(F)c2)s1. The average Bonchev–Trinajstić information content (AvgIpc) is 2.84. The summed E-state index contributed by atoms with van der Waals surface area (Å²) in [6.07, 6.45) is 0. The number of halogens is 1. The van der Waals surface area contributed by atoms with Crippen molar-refractivity contribution in [3.05, 3.63) is 45.7 Å². The van der Waals surface area contributed by atoms with Crippen LogP contribution in [0.15, 0.2) is 24.3 Å². The second kappa shape index (κ2) is 5.87. The lowest BCUT2D eigenvalue weighted by Gasteiger charge is -2.34. The zero-order chi connectivity index (χ0) is 14.8. The molecule has 0 aliphatic carbocycles. The molecule has 2 aromatic rings. The van der Waals surface area contributed by atoms with Crippen molar-refractivity contribution in [1.82, 2.24) is 20.4 Å². The van der Waals surface area contributed by atoms with Gasteiger partial charge in [-0.3, -0.25) is 9.69 Å². The zero-order valence-corrected chi connectivity index (χ0v) is 12.4. The third kappa shape index (κ3) is 3.08. The van der Waals surface area contributed by atoms with Crippen LogP contribution in [0.1, 0.15) is 21.6 Å². The maximum atomic E-state index is 13.4. The molecular weight excluding hydrogens is 291 g/mol. The van der Waals surface area contributed by atoms with Crippen LogP contribution in [-0.4, -0.2) is 34.1 Å². The number of carbonyl (C=O) groups excluding carboxylic acids is 1. The first-order valence-corrected chi connectivity index (χ1v) is 7.51. The van der Waals surface area contributed by atoms with Crippen molar-refractivity contribution in [2.75, 3.05) is 13.1 Å². The molecule has 1 atom stereocenters. The average molecular weight is 306 g/mol. The summed E-state index contributed by atoms with van der Waals surface area (Å²) in [7, 11) is 0. The summed E-state index contributed by atoms with van der Waals surface area (Å²) in [6, 6.07) is 5.70. The molecule has 1 aromatic heterocycles. The Kier molecular flexibility index (Phi) is 3.94. The molecule has 0 bridgehead atoms. The first kappa shape index (κ1) is 14.1. The van der Waals surface area contributed by atoms with Gasteiger partial charge >= 0.3 is 0 Å². The van der Waals surface area contributed by atoms with Crippen molar-refractivity contribution in [3.8, 4) is 0 Å². The first-order chi connectivity index (χ1) is 10.1. The van der Waals surface area contributed by atoms with E-state index in [1.54, 1.807) is 12.1 Å². The van der Waals surface area contributed by atoms with E-state index >= 15 is 0 Å². The molecule has 1 amide bonds. The predicted octanol–water partition coefficient (Wildman–Crippen LogP) is 1.66. The lowest BCUT2D eigenvalue weighted by molar-refractivity contribution is -0.129. The Bertz CT molecular complexity index is 660. The number of nitrogens with zero attached hydrogens (tertiary/aromatic N) is 3. The zero-order valence-electron chi connectivity index (χ0n) is 11.5. The van der Waals surface area contributed by atoms with Crippen LogP contribution in [0.3, 0.4) is 0 Å². The monoisotopic (exact) mass is 306 g/mol. The number of amides is 1. The second-order valence-corrected chi connectivity index (χ2v) is 6.20. The molecule has 0 spiro atoms. The molecule has 7 heteroatoms. The maximum absolute atomic E-state index is 13.4. The molecule has 0 saturated carbocycles. The van der Waals surface area contributed by atoms with Crippen molar-refractivity contribution >= 4 is 17.2 Å². The van der Waals surface area contributed by atoms with E-state index in [2.05, 4.69) is 15.5 Å². The van der Waals surface area contributed by atoms with Gasteiger partial charge in [0.25, 0.3) is 0 Å². The number of hydrogen-bond donors (Lipinski definition) is 1. The summed E-state index contributed by atoms with van der Waals surface area (Å²) < 4.78 is 13.4. The Morgan fingerprint density at radius 2 is 2.33 bits per heavy atom. The Labute approximate surface area is 125 Å². The number of aryl methyl sites for hydroxylation is 1. The van der Waals surface area contributed by atoms with Crippen LogP contribution in [0.2, 0.25) is 0 Å². The van der Waals surface area contributed by atoms with Gasteiger partial charge in [0.05, 0.1) is 6.54 Å². The van der Waals surface area contributed by atoms with E-state index < -0.39 is 6.04 Å². The van der Waals surface area contributed by atoms with Gasteiger partial charge in [0.1, 0.15) is 21.9 Å². The summed E-state index contributed by atoms with van der Waals surface area (Å²) in [5.41, 5.74) is 0.661. The van der Waals surface area contributed by atoms with E-state index in [9.17, 15) is 9.18 Å². The highest BCUT2D eigenvalue weighted by Gasteiger charge is 2.31. The quantitative estimate of drug-likeness (QED) is 0.937. The summed E-state index contributed by atoms with van der Waals surface area (Å²) in [5, 5.41) is 12.7. The Morgan fingerprint density at radius 3 is 3.05 bits per heavy atom. The normalized spacial score (nSPS) is 19.5. The molecule has 2 heterocycles. The van der Waals surface area contributed by atoms with Gasteiger partial charge in [0.2, 0.25) is 5.91 Å². The van der Waals surface area contributed by atoms with Gasteiger partial charge in [0, 0.05) is 13.1 Å². The molecule has 3 rings (SSSR count). The van der Waals surface area contributed by atoms with E-state index in [0.717, 1.165) is 10.0 Å². The van der Waals surface area contributed by atoms with Crippen molar-refractivity contribution in [3.63, 3.8) is 0 Å². The van der Waals surface area contributed by atoms with Crippen LogP contribution in [0.4, 0.5) is 4.39 Å². The van der Waals surface area contributed by atoms with E-state index in [1.165, 1.54) is 23.5 Å². The summed E-state index contributed by atoms with van der Waals surface area (Å²) >= 11 is 1.51. The third-order valence-corrected chi connectivity index (χ3v) is 4.21. The van der Waals surface area contributed by atoms with Crippen LogP contribution >= 0.6 is 11.3 Å². The fourth-order valence-electron chi connectivity index (χ4n) is 2.50. The van der Waals surface area contributed by atoms with E-state index in [1.807, 2.05) is 11.8 Å². The third-order valence-electron chi connectivity index (χ3n) is 3.38. The maximum Gasteiger partial charge on any atom is 0.242 e. The van der Waals surface area contributed by atoms with Crippen LogP contribution in [-0.2, 0) is 11.3 Å². The molecule has 110 valence electrons. The van der Waals surface area contributed by atoms with Gasteiger partial charge in [-0.25, -0.2) is 4.39 Å². The molecule has 1 saturated heterocycles. The van der Waals surface area contributed by atoms with Crippen LogP contribution in [0.5, 0.6) is 0 Å². The smallest absolute Gasteiger partial charge is 0.242 e. The van der Waals surface area contributed by atoms with E-state index in [-0.39, 0.29) is 11.7 Å². The fraction of sp³-hybridized carbons (Fsp3) is 0.357. The molecule has 5 nitrogen and oxygen atoms in total. The van der Waals surface area contributed by atoms with Crippen molar-refractivity contribution in [2.45, 2.75) is 19.5 Å². The number of hydrogen-bond acceptors (Lipinski definition) is 5. The van der Waals surface area contributed by atoms with Gasteiger partial charge in [0.15, 0.2) is 0 Å². The molecule has 1 unspecified atom stereocenters. The minimum atomic E-state index is -0.487. The number of aromatic nitrogens is 2. The number of benzene rings is 1. The number of rotatable bonds is 3. The fourth-order valence-corrected chi connectivity index (χ4v) is 3.23. The standard InChI is InChI=1S/C14H15FN4OS/c1-9-17-18-12(21-9)8-19-6-5-16-14(20)13(19)10-3-2-4-11(15)7-10/h2-4,7,13H,5-6,8H2,1H3,(H,16,20). The van der Waals surface area contributed by atoms with Crippen LogP contribution < -0.4 is 5.32 Å².